The van der Waals surface area contributed by atoms with E-state index >= 15 is 0 Å². The van der Waals surface area contributed by atoms with Crippen LogP contribution in [0, 0.1) is 24.7 Å². The molecule has 1 aliphatic carbocycles. The third kappa shape index (κ3) is 2.01. The van der Waals surface area contributed by atoms with Gasteiger partial charge in [0, 0.05) is 4.47 Å². The van der Waals surface area contributed by atoms with Crippen molar-refractivity contribution in [3.8, 4) is 0 Å². The first-order valence-corrected chi connectivity index (χ1v) is 7.96. The molecule has 106 valence electrons. The van der Waals surface area contributed by atoms with Gasteiger partial charge < -0.3 is 0 Å². The smallest absolute Gasteiger partial charge is 0.237 e. The lowest BCUT2D eigenvalue weighted by atomic mass is 10.00. The summed E-state index contributed by atoms with van der Waals surface area (Å²) < 4.78 is 0.992. The second-order valence-corrected chi connectivity index (χ2v) is 6.76. The summed E-state index contributed by atoms with van der Waals surface area (Å²) in [6, 6.07) is 5.64. The highest BCUT2D eigenvalue weighted by atomic mass is 79.9. The summed E-state index contributed by atoms with van der Waals surface area (Å²) >= 11 is 3.45. The Bertz CT molecular complexity index is 560. The van der Waals surface area contributed by atoms with Gasteiger partial charge in [-0.05, 0) is 49.4 Å². The molecule has 0 bridgehead atoms. The molecule has 0 aromatic heterocycles. The van der Waals surface area contributed by atoms with Gasteiger partial charge in [-0.3, -0.25) is 14.5 Å². The van der Waals surface area contributed by atoms with Crippen molar-refractivity contribution in [2.45, 2.75) is 33.1 Å². The largest absolute Gasteiger partial charge is 0.274 e. The summed E-state index contributed by atoms with van der Waals surface area (Å²) in [6.07, 6.45) is 2.81. The molecule has 2 fully saturated rings. The molecule has 1 aromatic carbocycles. The lowest BCUT2D eigenvalue weighted by molar-refractivity contribution is -0.123. The number of carbonyl (C=O) groups excluding carboxylic acids is 2. The van der Waals surface area contributed by atoms with Crippen molar-refractivity contribution in [2.24, 2.45) is 17.8 Å². The van der Waals surface area contributed by atoms with E-state index in [0.717, 1.165) is 29.3 Å². The highest BCUT2D eigenvalue weighted by Gasteiger charge is 2.52. The third-order valence-electron chi connectivity index (χ3n) is 4.71. The number of carbonyl (C=O) groups is 2. The number of hydrogen-bond acceptors (Lipinski definition) is 2. The van der Waals surface area contributed by atoms with Crippen molar-refractivity contribution < 1.29 is 9.59 Å². The zero-order chi connectivity index (χ0) is 14.4. The van der Waals surface area contributed by atoms with Crippen LogP contribution >= 0.6 is 15.9 Å². The molecule has 3 rings (SSSR count). The van der Waals surface area contributed by atoms with Gasteiger partial charge in [-0.1, -0.05) is 29.3 Å². The molecule has 2 aliphatic rings. The van der Waals surface area contributed by atoms with Crippen LogP contribution in [0.25, 0.3) is 0 Å². The van der Waals surface area contributed by atoms with E-state index < -0.39 is 0 Å². The number of benzene rings is 1. The lowest BCUT2D eigenvalue weighted by Crippen LogP contribution is -2.32. The SMILES string of the molecule is CCC1CC2C(=O)N(c3ccc(Br)c(C)c3)C(=O)C2C1. The summed E-state index contributed by atoms with van der Waals surface area (Å²) in [5, 5.41) is 0. The van der Waals surface area contributed by atoms with Crippen LogP contribution in [0.2, 0.25) is 0 Å². The predicted octanol–water partition coefficient (Wildman–Crippen LogP) is 3.68. The van der Waals surface area contributed by atoms with Gasteiger partial charge in [0.1, 0.15) is 0 Å². The van der Waals surface area contributed by atoms with Crippen molar-refractivity contribution in [3.63, 3.8) is 0 Å². The molecule has 1 saturated carbocycles. The zero-order valence-electron chi connectivity index (χ0n) is 11.7. The molecule has 0 radical (unpaired) electrons. The van der Waals surface area contributed by atoms with Crippen LogP contribution in [-0.4, -0.2) is 11.8 Å². The summed E-state index contributed by atoms with van der Waals surface area (Å²) in [7, 11) is 0. The van der Waals surface area contributed by atoms with Gasteiger partial charge in [-0.25, -0.2) is 0 Å². The Hall–Kier alpha value is -1.16. The van der Waals surface area contributed by atoms with E-state index in [9.17, 15) is 9.59 Å². The first-order valence-electron chi connectivity index (χ1n) is 7.17. The molecule has 1 aromatic rings. The molecule has 1 aliphatic heterocycles. The Morgan fingerprint density at radius 1 is 1.20 bits per heavy atom. The fourth-order valence-electron chi connectivity index (χ4n) is 3.48. The molecule has 1 heterocycles. The molecule has 3 nitrogen and oxygen atoms in total. The number of fused-ring (bicyclic) bond motifs is 1. The number of anilines is 1. The highest BCUT2D eigenvalue weighted by molar-refractivity contribution is 9.10. The van der Waals surface area contributed by atoms with E-state index in [1.165, 1.54) is 4.90 Å². The van der Waals surface area contributed by atoms with Gasteiger partial charge in [-0.2, -0.15) is 0 Å². The second-order valence-electron chi connectivity index (χ2n) is 5.90. The molecule has 0 spiro atoms. The summed E-state index contributed by atoms with van der Waals surface area (Å²) in [5.41, 5.74) is 1.75. The molecular formula is C16H18BrNO2. The molecule has 4 heteroatoms. The van der Waals surface area contributed by atoms with Crippen LogP contribution in [0.3, 0.4) is 0 Å². The number of rotatable bonds is 2. The molecule has 2 atom stereocenters. The van der Waals surface area contributed by atoms with Gasteiger partial charge in [0.25, 0.3) is 0 Å². The van der Waals surface area contributed by atoms with Crippen molar-refractivity contribution in [3.05, 3.63) is 28.2 Å². The minimum Gasteiger partial charge on any atom is -0.274 e. The molecule has 2 amide bonds. The maximum atomic E-state index is 12.5. The van der Waals surface area contributed by atoms with Gasteiger partial charge in [0.2, 0.25) is 11.8 Å². The van der Waals surface area contributed by atoms with Crippen LogP contribution in [0.1, 0.15) is 31.7 Å². The monoisotopic (exact) mass is 335 g/mol. The maximum Gasteiger partial charge on any atom is 0.237 e. The van der Waals surface area contributed by atoms with Crippen LogP contribution < -0.4 is 4.90 Å². The van der Waals surface area contributed by atoms with E-state index in [2.05, 4.69) is 22.9 Å². The Balaban J connectivity index is 1.91. The fourth-order valence-corrected chi connectivity index (χ4v) is 3.73. The van der Waals surface area contributed by atoms with Gasteiger partial charge in [0.15, 0.2) is 0 Å². The van der Waals surface area contributed by atoms with Crippen LogP contribution in [0.5, 0.6) is 0 Å². The standard InChI is InChI=1S/C16H18BrNO2/c1-3-10-7-12-13(8-10)16(20)18(15(12)19)11-4-5-14(17)9(2)6-11/h4-6,10,12-13H,3,7-8H2,1-2H3. The van der Waals surface area contributed by atoms with E-state index in [1.54, 1.807) is 0 Å². The van der Waals surface area contributed by atoms with Crippen LogP contribution in [0.15, 0.2) is 22.7 Å². The second kappa shape index (κ2) is 4.99. The number of hydrogen-bond donors (Lipinski definition) is 0. The molecular weight excluding hydrogens is 318 g/mol. The Morgan fingerprint density at radius 3 is 2.30 bits per heavy atom. The number of nitrogens with zero attached hydrogens (tertiary/aromatic N) is 1. The molecule has 2 unspecified atom stereocenters. The van der Waals surface area contributed by atoms with E-state index in [0.29, 0.717) is 11.6 Å². The first kappa shape index (κ1) is 13.8. The number of amides is 2. The normalized spacial score (nSPS) is 29.1. The first-order chi connectivity index (χ1) is 9.52. The number of imide groups is 1. The fraction of sp³-hybridized carbons (Fsp3) is 0.500. The minimum atomic E-state index is -0.0867. The van der Waals surface area contributed by atoms with Gasteiger partial charge in [-0.15, -0.1) is 0 Å². The molecule has 20 heavy (non-hydrogen) atoms. The third-order valence-corrected chi connectivity index (χ3v) is 5.60. The van der Waals surface area contributed by atoms with Gasteiger partial charge in [0.05, 0.1) is 17.5 Å². The van der Waals surface area contributed by atoms with E-state index in [-0.39, 0.29) is 23.7 Å². The number of aryl methyl sites for hydroxylation is 1. The lowest BCUT2D eigenvalue weighted by Gasteiger charge is -2.18. The van der Waals surface area contributed by atoms with E-state index in [4.69, 9.17) is 0 Å². The highest BCUT2D eigenvalue weighted by Crippen LogP contribution is 2.45. The average molecular weight is 336 g/mol. The summed E-state index contributed by atoms with van der Waals surface area (Å²) in [6.45, 7) is 4.10. The maximum absolute atomic E-state index is 12.5. The van der Waals surface area contributed by atoms with Crippen molar-refractivity contribution in [1.29, 1.82) is 0 Å². The van der Waals surface area contributed by atoms with Crippen molar-refractivity contribution in [2.75, 3.05) is 4.90 Å². The van der Waals surface area contributed by atoms with Crippen molar-refractivity contribution >= 4 is 33.4 Å². The quantitative estimate of drug-likeness (QED) is 0.773. The van der Waals surface area contributed by atoms with E-state index in [1.807, 2.05) is 25.1 Å². The van der Waals surface area contributed by atoms with Crippen molar-refractivity contribution in [1.82, 2.24) is 0 Å². The van der Waals surface area contributed by atoms with Gasteiger partial charge >= 0.3 is 0 Å². The summed E-state index contributed by atoms with van der Waals surface area (Å²) in [5.74, 6) is 0.356. The topological polar surface area (TPSA) is 37.4 Å². The van der Waals surface area contributed by atoms with Crippen LogP contribution in [-0.2, 0) is 9.59 Å². The Kier molecular flexibility index (Phi) is 3.44. The predicted molar refractivity (Wildman–Crippen MR) is 81.4 cm³/mol. The molecule has 1 saturated heterocycles. The summed E-state index contributed by atoms with van der Waals surface area (Å²) in [4.78, 5) is 26.5. The Morgan fingerprint density at radius 2 is 1.80 bits per heavy atom. The Labute approximate surface area is 127 Å². The van der Waals surface area contributed by atoms with Crippen LogP contribution in [0.4, 0.5) is 5.69 Å². The minimum absolute atomic E-state index is 0.00216. The zero-order valence-corrected chi connectivity index (χ0v) is 13.3. The average Bonchev–Trinajstić information content (AvgIpc) is 2.94. The number of halogens is 1. The molecule has 0 N–H and O–H groups in total.